The molecule has 2 rings (SSSR count). The number of halogens is 3. The zero-order chi connectivity index (χ0) is 17.5. The lowest BCUT2D eigenvalue weighted by Gasteiger charge is -2.08. The van der Waals surface area contributed by atoms with Crippen LogP contribution in [-0.4, -0.2) is 25.3 Å². The van der Waals surface area contributed by atoms with Crippen LogP contribution >= 0.6 is 46.6 Å². The highest BCUT2D eigenvalue weighted by Gasteiger charge is 2.08. The van der Waals surface area contributed by atoms with Crippen LogP contribution in [0.3, 0.4) is 0 Å². The van der Waals surface area contributed by atoms with Gasteiger partial charge in [-0.05, 0) is 35.9 Å². The molecule has 2 aromatic carbocycles. The average Bonchev–Trinajstić information content (AvgIpc) is 2.57. The van der Waals surface area contributed by atoms with Gasteiger partial charge in [0.1, 0.15) is 5.75 Å². The number of thioether (sulfide) groups is 1. The van der Waals surface area contributed by atoms with Crippen molar-refractivity contribution in [3.8, 4) is 5.75 Å². The molecule has 3 nitrogen and oxygen atoms in total. The van der Waals surface area contributed by atoms with E-state index in [-0.39, 0.29) is 5.91 Å². The summed E-state index contributed by atoms with van der Waals surface area (Å²) < 4.78 is 5.07. The number of amides is 1. The summed E-state index contributed by atoms with van der Waals surface area (Å²) in [5.41, 5.74) is 1.61. The summed E-state index contributed by atoms with van der Waals surface area (Å²) in [5.74, 6) is 1.98. The summed E-state index contributed by atoms with van der Waals surface area (Å²) >= 11 is 19.6. The van der Waals surface area contributed by atoms with E-state index >= 15 is 0 Å². The maximum Gasteiger partial charge on any atom is 0.251 e. The third kappa shape index (κ3) is 5.49. The first kappa shape index (κ1) is 19.3. The first-order chi connectivity index (χ1) is 11.5. The summed E-state index contributed by atoms with van der Waals surface area (Å²) in [6.45, 7) is 0.564. The van der Waals surface area contributed by atoms with E-state index < -0.39 is 0 Å². The van der Waals surface area contributed by atoms with Crippen molar-refractivity contribution in [2.45, 2.75) is 5.75 Å². The molecule has 0 radical (unpaired) electrons. The number of hydrogen-bond acceptors (Lipinski definition) is 3. The lowest BCUT2D eigenvalue weighted by Crippen LogP contribution is -2.25. The molecule has 0 aliphatic heterocycles. The summed E-state index contributed by atoms with van der Waals surface area (Å²) in [4.78, 5) is 12.1. The molecule has 0 spiro atoms. The van der Waals surface area contributed by atoms with E-state index in [1.54, 1.807) is 36.0 Å². The normalized spacial score (nSPS) is 10.5. The van der Waals surface area contributed by atoms with Crippen molar-refractivity contribution in [1.29, 1.82) is 0 Å². The van der Waals surface area contributed by atoms with E-state index in [1.165, 1.54) is 7.11 Å². The predicted molar refractivity (Wildman–Crippen MR) is 103 cm³/mol. The minimum atomic E-state index is -0.158. The predicted octanol–water partition coefficient (Wildman–Crippen LogP) is 5.32. The Kier molecular flexibility index (Phi) is 7.56. The zero-order valence-corrected chi connectivity index (χ0v) is 16.0. The van der Waals surface area contributed by atoms with Gasteiger partial charge >= 0.3 is 0 Å². The van der Waals surface area contributed by atoms with E-state index in [9.17, 15) is 4.79 Å². The number of carbonyl (C=O) groups is 1. The molecule has 0 aliphatic carbocycles. The highest BCUT2D eigenvalue weighted by Crippen LogP contribution is 2.25. The Hall–Kier alpha value is -1.07. The molecule has 0 saturated heterocycles. The standard InChI is InChI=1S/C17H16Cl3NO2S/c1-23-16-5-3-12(9-15(16)20)17(22)21-6-7-24-10-11-2-4-13(18)14(19)8-11/h2-5,8-9H,6-7,10H2,1H3,(H,21,22). The fraction of sp³-hybridized carbons (Fsp3) is 0.235. The molecular formula is C17H16Cl3NO2S. The van der Waals surface area contributed by atoms with Gasteiger partial charge in [0.05, 0.1) is 22.2 Å². The van der Waals surface area contributed by atoms with Gasteiger partial charge in [-0.25, -0.2) is 0 Å². The number of nitrogens with one attached hydrogen (secondary N) is 1. The van der Waals surface area contributed by atoms with Crippen molar-refractivity contribution < 1.29 is 9.53 Å². The van der Waals surface area contributed by atoms with Crippen LogP contribution in [0.5, 0.6) is 5.75 Å². The van der Waals surface area contributed by atoms with Crippen LogP contribution in [0, 0.1) is 0 Å². The molecule has 0 fully saturated rings. The molecule has 0 saturated carbocycles. The lowest BCUT2D eigenvalue weighted by atomic mass is 10.2. The van der Waals surface area contributed by atoms with Gasteiger partial charge in [-0.2, -0.15) is 11.8 Å². The van der Waals surface area contributed by atoms with Crippen LogP contribution in [-0.2, 0) is 5.75 Å². The second-order valence-corrected chi connectivity index (χ2v) is 7.23. The van der Waals surface area contributed by atoms with Crippen LogP contribution in [0.4, 0.5) is 0 Å². The van der Waals surface area contributed by atoms with Crippen molar-refractivity contribution in [3.63, 3.8) is 0 Å². The zero-order valence-electron chi connectivity index (χ0n) is 12.9. The summed E-state index contributed by atoms with van der Waals surface area (Å²) in [7, 11) is 1.53. The van der Waals surface area contributed by atoms with Crippen LogP contribution in [0.15, 0.2) is 36.4 Å². The summed E-state index contributed by atoms with van der Waals surface area (Å²) in [6, 6.07) is 10.5. The molecule has 0 unspecified atom stereocenters. The number of hydrogen-bond donors (Lipinski definition) is 1. The molecule has 2 aromatic rings. The lowest BCUT2D eigenvalue weighted by molar-refractivity contribution is 0.0956. The van der Waals surface area contributed by atoms with Crippen molar-refractivity contribution in [3.05, 3.63) is 62.6 Å². The van der Waals surface area contributed by atoms with Gasteiger partial charge < -0.3 is 10.1 Å². The van der Waals surface area contributed by atoms with Gasteiger partial charge in [0.15, 0.2) is 0 Å². The minimum absolute atomic E-state index is 0.158. The Morgan fingerprint density at radius 3 is 2.54 bits per heavy atom. The molecule has 0 heterocycles. The van der Waals surface area contributed by atoms with Crippen molar-refractivity contribution in [2.75, 3.05) is 19.4 Å². The molecule has 0 aliphatic rings. The van der Waals surface area contributed by atoms with Gasteiger partial charge in [0, 0.05) is 23.6 Å². The minimum Gasteiger partial charge on any atom is -0.495 e. The second-order valence-electron chi connectivity index (χ2n) is 4.91. The molecule has 128 valence electrons. The van der Waals surface area contributed by atoms with Gasteiger partial charge in [0.2, 0.25) is 0 Å². The fourth-order valence-corrected chi connectivity index (χ4v) is 3.35. The quantitative estimate of drug-likeness (QED) is 0.635. The molecule has 0 atom stereocenters. The highest BCUT2D eigenvalue weighted by atomic mass is 35.5. The van der Waals surface area contributed by atoms with E-state index in [0.717, 1.165) is 17.1 Å². The number of methoxy groups -OCH3 is 1. The second kappa shape index (κ2) is 9.42. The number of ether oxygens (including phenoxy) is 1. The topological polar surface area (TPSA) is 38.3 Å². The van der Waals surface area contributed by atoms with Crippen molar-refractivity contribution >= 4 is 52.5 Å². The molecule has 1 amide bonds. The van der Waals surface area contributed by atoms with Gasteiger partial charge in [-0.1, -0.05) is 40.9 Å². The molecule has 1 N–H and O–H groups in total. The average molecular weight is 405 g/mol. The number of carbonyl (C=O) groups excluding carboxylic acids is 1. The Labute approximate surface area is 160 Å². The third-order valence-electron chi connectivity index (χ3n) is 3.20. The number of benzene rings is 2. The Balaban J connectivity index is 1.74. The first-order valence-electron chi connectivity index (χ1n) is 7.14. The first-order valence-corrected chi connectivity index (χ1v) is 9.43. The summed E-state index contributed by atoms with van der Waals surface area (Å²) in [6.07, 6.45) is 0. The molecule has 24 heavy (non-hydrogen) atoms. The largest absolute Gasteiger partial charge is 0.495 e. The fourth-order valence-electron chi connectivity index (χ4n) is 1.97. The third-order valence-corrected chi connectivity index (χ3v) is 5.26. The van der Waals surface area contributed by atoms with E-state index in [4.69, 9.17) is 39.5 Å². The summed E-state index contributed by atoms with van der Waals surface area (Å²) in [5, 5.41) is 4.39. The number of rotatable bonds is 7. The van der Waals surface area contributed by atoms with Crippen LogP contribution in [0.1, 0.15) is 15.9 Å². The van der Waals surface area contributed by atoms with Gasteiger partial charge in [-0.3, -0.25) is 4.79 Å². The van der Waals surface area contributed by atoms with Crippen molar-refractivity contribution in [1.82, 2.24) is 5.32 Å². The highest BCUT2D eigenvalue weighted by molar-refractivity contribution is 7.98. The smallest absolute Gasteiger partial charge is 0.251 e. The van der Waals surface area contributed by atoms with Gasteiger partial charge in [0.25, 0.3) is 5.91 Å². The van der Waals surface area contributed by atoms with Crippen LogP contribution in [0.25, 0.3) is 0 Å². The van der Waals surface area contributed by atoms with E-state index in [0.29, 0.717) is 32.9 Å². The van der Waals surface area contributed by atoms with Crippen LogP contribution < -0.4 is 10.1 Å². The van der Waals surface area contributed by atoms with Crippen LogP contribution in [0.2, 0.25) is 15.1 Å². The van der Waals surface area contributed by atoms with Crippen molar-refractivity contribution in [2.24, 2.45) is 0 Å². The molecule has 0 aromatic heterocycles. The maximum atomic E-state index is 12.1. The molecule has 7 heteroatoms. The van der Waals surface area contributed by atoms with E-state index in [1.807, 2.05) is 12.1 Å². The SMILES string of the molecule is COc1ccc(C(=O)NCCSCc2ccc(Cl)c(Cl)c2)cc1Cl. The Bertz CT molecular complexity index is 725. The Morgan fingerprint density at radius 2 is 1.88 bits per heavy atom. The Morgan fingerprint density at radius 1 is 1.08 bits per heavy atom. The monoisotopic (exact) mass is 403 g/mol. The molecular weight excluding hydrogens is 389 g/mol. The van der Waals surface area contributed by atoms with E-state index in [2.05, 4.69) is 5.32 Å². The maximum absolute atomic E-state index is 12.1. The van der Waals surface area contributed by atoms with Gasteiger partial charge in [-0.15, -0.1) is 0 Å². The molecule has 0 bridgehead atoms.